The number of Topliss-reactive ketones (excluding diaryl/α,β-unsaturated/α-hetero) is 1. The molecule has 0 aliphatic carbocycles. The van der Waals surface area contributed by atoms with Crippen LogP contribution in [0.15, 0.2) is 12.1 Å². The molecular formula is C11H15F2NO2S. The second-order valence-electron chi connectivity index (χ2n) is 3.68. The molecule has 96 valence electrons. The third-order valence-electron chi connectivity index (χ3n) is 2.19. The fourth-order valence-corrected chi connectivity index (χ4v) is 2.23. The summed E-state index contributed by atoms with van der Waals surface area (Å²) in [5.41, 5.74) is 0. The number of alkyl halides is 2. The van der Waals surface area contributed by atoms with Crippen LogP contribution >= 0.6 is 11.3 Å². The summed E-state index contributed by atoms with van der Waals surface area (Å²) in [6, 6.07) is 3.52. The van der Waals surface area contributed by atoms with Crippen LogP contribution in [0.5, 0.6) is 0 Å². The van der Waals surface area contributed by atoms with Crippen molar-refractivity contribution in [3.8, 4) is 0 Å². The fraction of sp³-hybridized carbons (Fsp3) is 0.545. The molecule has 0 amide bonds. The van der Waals surface area contributed by atoms with Gasteiger partial charge in [0.1, 0.15) is 0 Å². The minimum Gasteiger partial charge on any atom is -0.395 e. The molecule has 1 heterocycles. The van der Waals surface area contributed by atoms with Gasteiger partial charge in [0.25, 0.3) is 6.43 Å². The first-order valence-corrected chi connectivity index (χ1v) is 6.05. The second kappa shape index (κ2) is 6.78. The van der Waals surface area contributed by atoms with Gasteiger partial charge in [-0.2, -0.15) is 0 Å². The molecule has 1 rings (SSSR count). The molecule has 0 fully saturated rings. The molecule has 0 radical (unpaired) electrons. The number of hydrogen-bond donors (Lipinski definition) is 1. The Balaban J connectivity index is 2.57. The summed E-state index contributed by atoms with van der Waals surface area (Å²) >= 11 is 1.35. The minimum atomic E-state index is -2.50. The molecule has 1 aromatic heterocycles. The highest BCUT2D eigenvalue weighted by atomic mass is 32.1. The zero-order chi connectivity index (χ0) is 12.8. The summed E-state index contributed by atoms with van der Waals surface area (Å²) < 4.78 is 24.5. The van der Waals surface area contributed by atoms with E-state index in [4.69, 9.17) is 5.11 Å². The quantitative estimate of drug-likeness (QED) is 0.763. The number of thiophene rings is 1. The average molecular weight is 263 g/mol. The van der Waals surface area contributed by atoms with Gasteiger partial charge < -0.3 is 5.11 Å². The van der Waals surface area contributed by atoms with Crippen LogP contribution in [0, 0.1) is 6.92 Å². The maximum Gasteiger partial charge on any atom is 0.251 e. The van der Waals surface area contributed by atoms with E-state index < -0.39 is 13.0 Å². The van der Waals surface area contributed by atoms with Crippen molar-refractivity contribution in [1.29, 1.82) is 0 Å². The van der Waals surface area contributed by atoms with Crippen molar-refractivity contribution in [3.05, 3.63) is 21.9 Å². The maximum absolute atomic E-state index is 12.2. The summed E-state index contributed by atoms with van der Waals surface area (Å²) in [5.74, 6) is -0.183. The highest BCUT2D eigenvalue weighted by Gasteiger charge is 2.17. The molecule has 0 unspecified atom stereocenters. The lowest BCUT2D eigenvalue weighted by Crippen LogP contribution is -2.35. The van der Waals surface area contributed by atoms with Gasteiger partial charge in [0, 0.05) is 11.4 Å². The zero-order valence-electron chi connectivity index (χ0n) is 9.53. The van der Waals surface area contributed by atoms with E-state index in [1.807, 2.05) is 13.0 Å². The number of carbonyl (C=O) groups is 1. The molecule has 1 aromatic rings. The Bertz CT molecular complexity index is 368. The van der Waals surface area contributed by atoms with Crippen LogP contribution in [0.1, 0.15) is 14.5 Å². The standard InChI is InChI=1S/C11H15F2NO2S/c1-8-2-3-10(17-8)9(16)6-14(4-5-15)7-11(12)13/h2-3,11,15H,4-7H2,1H3. The highest BCUT2D eigenvalue weighted by Crippen LogP contribution is 2.16. The summed E-state index contributed by atoms with van der Waals surface area (Å²) in [6.45, 7) is 1.16. The molecule has 6 heteroatoms. The van der Waals surface area contributed by atoms with Crippen molar-refractivity contribution in [2.75, 3.05) is 26.2 Å². The van der Waals surface area contributed by atoms with E-state index in [0.29, 0.717) is 4.88 Å². The SMILES string of the molecule is Cc1ccc(C(=O)CN(CCO)CC(F)F)s1. The Kier molecular flexibility index (Phi) is 5.67. The molecule has 0 aromatic carbocycles. The monoisotopic (exact) mass is 263 g/mol. The van der Waals surface area contributed by atoms with Crippen LogP contribution in [0.2, 0.25) is 0 Å². The minimum absolute atomic E-state index is 0.0785. The fourth-order valence-electron chi connectivity index (χ4n) is 1.44. The third kappa shape index (κ3) is 4.89. The number of hydrogen-bond acceptors (Lipinski definition) is 4. The lowest BCUT2D eigenvalue weighted by Gasteiger charge is -2.19. The van der Waals surface area contributed by atoms with Crippen LogP contribution in [0.3, 0.4) is 0 Å². The molecule has 0 aliphatic rings. The first-order valence-electron chi connectivity index (χ1n) is 5.24. The van der Waals surface area contributed by atoms with Gasteiger partial charge >= 0.3 is 0 Å². The highest BCUT2D eigenvalue weighted by molar-refractivity contribution is 7.14. The molecule has 0 bridgehead atoms. The van der Waals surface area contributed by atoms with Crippen molar-refractivity contribution in [1.82, 2.24) is 4.90 Å². The van der Waals surface area contributed by atoms with E-state index in [0.717, 1.165) is 4.88 Å². The van der Waals surface area contributed by atoms with Crippen LogP contribution in [0.25, 0.3) is 0 Å². The first kappa shape index (κ1) is 14.2. The van der Waals surface area contributed by atoms with E-state index in [1.54, 1.807) is 6.07 Å². The molecule has 0 spiro atoms. The normalized spacial score (nSPS) is 11.4. The van der Waals surface area contributed by atoms with Crippen LogP contribution in [0.4, 0.5) is 8.78 Å². The molecule has 0 aliphatic heterocycles. The number of nitrogens with zero attached hydrogens (tertiary/aromatic N) is 1. The van der Waals surface area contributed by atoms with Crippen molar-refractivity contribution >= 4 is 17.1 Å². The predicted octanol–water partition coefficient (Wildman–Crippen LogP) is 1.80. The van der Waals surface area contributed by atoms with Crippen LogP contribution in [-0.2, 0) is 0 Å². The molecule has 0 atom stereocenters. The van der Waals surface area contributed by atoms with Gasteiger partial charge in [-0.1, -0.05) is 0 Å². The molecule has 0 saturated carbocycles. The Morgan fingerprint density at radius 3 is 2.71 bits per heavy atom. The number of ketones is 1. The van der Waals surface area contributed by atoms with E-state index in [9.17, 15) is 13.6 Å². The van der Waals surface area contributed by atoms with Gasteiger partial charge in [0.15, 0.2) is 5.78 Å². The number of aliphatic hydroxyl groups is 1. The summed E-state index contributed by atoms with van der Waals surface area (Å²) in [7, 11) is 0. The van der Waals surface area contributed by atoms with Gasteiger partial charge in [0.05, 0.1) is 24.6 Å². The summed E-state index contributed by atoms with van der Waals surface area (Å²) in [4.78, 5) is 14.6. The van der Waals surface area contributed by atoms with Gasteiger partial charge in [-0.3, -0.25) is 9.69 Å². The van der Waals surface area contributed by atoms with Gasteiger partial charge in [-0.25, -0.2) is 8.78 Å². The maximum atomic E-state index is 12.2. The third-order valence-corrected chi connectivity index (χ3v) is 3.24. The predicted molar refractivity (Wildman–Crippen MR) is 62.9 cm³/mol. The van der Waals surface area contributed by atoms with Crippen LogP contribution < -0.4 is 0 Å². The molecular weight excluding hydrogens is 248 g/mol. The zero-order valence-corrected chi connectivity index (χ0v) is 10.3. The number of aryl methyl sites for hydroxylation is 1. The summed E-state index contributed by atoms with van der Waals surface area (Å²) in [5, 5.41) is 8.74. The van der Waals surface area contributed by atoms with Crippen molar-refractivity contribution in [2.24, 2.45) is 0 Å². The second-order valence-corrected chi connectivity index (χ2v) is 4.97. The largest absolute Gasteiger partial charge is 0.395 e. The van der Waals surface area contributed by atoms with E-state index in [-0.39, 0.29) is 25.5 Å². The Morgan fingerprint density at radius 1 is 1.53 bits per heavy atom. The van der Waals surface area contributed by atoms with E-state index in [2.05, 4.69) is 0 Å². The number of rotatable bonds is 7. The van der Waals surface area contributed by atoms with E-state index in [1.165, 1.54) is 16.2 Å². The Hall–Kier alpha value is -0.850. The summed E-state index contributed by atoms with van der Waals surface area (Å²) in [6.07, 6.45) is -2.50. The number of halogens is 2. The first-order chi connectivity index (χ1) is 8.02. The molecule has 17 heavy (non-hydrogen) atoms. The van der Waals surface area contributed by atoms with Gasteiger partial charge in [0.2, 0.25) is 0 Å². The van der Waals surface area contributed by atoms with Gasteiger partial charge in [-0.15, -0.1) is 11.3 Å². The molecule has 0 saturated heterocycles. The van der Waals surface area contributed by atoms with E-state index >= 15 is 0 Å². The topological polar surface area (TPSA) is 40.5 Å². The van der Waals surface area contributed by atoms with Crippen molar-refractivity contribution in [3.63, 3.8) is 0 Å². The lowest BCUT2D eigenvalue weighted by atomic mass is 10.3. The van der Waals surface area contributed by atoms with Crippen molar-refractivity contribution in [2.45, 2.75) is 13.3 Å². The molecule has 1 N–H and O–H groups in total. The van der Waals surface area contributed by atoms with Gasteiger partial charge in [-0.05, 0) is 19.1 Å². The van der Waals surface area contributed by atoms with Crippen LogP contribution in [-0.4, -0.2) is 48.5 Å². The Morgan fingerprint density at radius 2 is 2.24 bits per heavy atom. The average Bonchev–Trinajstić information content (AvgIpc) is 2.64. The molecule has 3 nitrogen and oxygen atoms in total. The Labute approximate surface area is 103 Å². The number of aliphatic hydroxyl groups excluding tert-OH is 1. The number of carbonyl (C=O) groups excluding carboxylic acids is 1. The van der Waals surface area contributed by atoms with Crippen molar-refractivity contribution < 1.29 is 18.7 Å². The smallest absolute Gasteiger partial charge is 0.251 e. The lowest BCUT2D eigenvalue weighted by molar-refractivity contribution is 0.0691.